The predicted octanol–water partition coefficient (Wildman–Crippen LogP) is 1.38. The topological polar surface area (TPSA) is 136 Å². The third-order valence-corrected chi connectivity index (χ3v) is 6.26. The molecule has 0 saturated carbocycles. The molecule has 0 spiro atoms. The fourth-order valence-corrected chi connectivity index (χ4v) is 4.41. The number of carbonyl (C=O) groups excluding carboxylic acids is 3. The van der Waals surface area contributed by atoms with Crippen LogP contribution in [0.4, 0.5) is 10.5 Å². The van der Waals surface area contributed by atoms with Crippen molar-refractivity contribution in [2.24, 2.45) is 0 Å². The molecule has 1 aromatic heterocycles. The van der Waals surface area contributed by atoms with Crippen LogP contribution in [0.3, 0.4) is 0 Å². The number of ether oxygens (including phenoxy) is 1. The first-order valence-corrected chi connectivity index (χ1v) is 11.0. The Labute approximate surface area is 200 Å². The minimum Gasteiger partial charge on any atom is -0.497 e. The number of hydrogen-bond acceptors (Lipinski definition) is 7. The third-order valence-electron chi connectivity index (χ3n) is 6.26. The average Bonchev–Trinajstić information content (AvgIpc) is 3.47. The second kappa shape index (κ2) is 8.29. The number of nitrogens with one attached hydrogen (secondary N) is 3. The molecule has 182 valence electrons. The van der Waals surface area contributed by atoms with Crippen molar-refractivity contribution in [2.45, 2.75) is 18.4 Å². The van der Waals surface area contributed by atoms with Crippen LogP contribution in [0.5, 0.6) is 5.75 Å². The van der Waals surface area contributed by atoms with E-state index in [2.05, 4.69) is 16.0 Å². The van der Waals surface area contributed by atoms with Crippen molar-refractivity contribution >= 4 is 34.5 Å². The lowest BCUT2D eigenvalue weighted by Crippen LogP contribution is -2.53. The van der Waals surface area contributed by atoms with E-state index in [9.17, 15) is 19.5 Å². The standard InChI is InChI=1S/C24H25N5O6/c1-28(2)23(33)25-15-5-7-18-14(8-15)9-19(35-18)24(21(31)26-22(32)27-24)12-29-11-13-4-6-16(34-3)10-17(13)20(29)30/h4-10,22,27,32H,11-12H2,1-3H3,(H,25,33)(H,26,31). The number of aliphatic hydroxyl groups is 1. The maximum atomic E-state index is 13.2. The number of amides is 4. The molecule has 2 aliphatic heterocycles. The summed E-state index contributed by atoms with van der Waals surface area (Å²) in [5, 5.41) is 18.9. The van der Waals surface area contributed by atoms with Crippen LogP contribution >= 0.6 is 0 Å². The maximum Gasteiger partial charge on any atom is 0.321 e. The van der Waals surface area contributed by atoms with Gasteiger partial charge in [-0.1, -0.05) is 6.07 Å². The molecule has 3 heterocycles. The van der Waals surface area contributed by atoms with Crippen LogP contribution in [0, 0.1) is 0 Å². The molecule has 1 saturated heterocycles. The van der Waals surface area contributed by atoms with E-state index in [1.165, 1.54) is 16.9 Å². The van der Waals surface area contributed by atoms with Gasteiger partial charge in [-0.25, -0.2) is 4.79 Å². The van der Waals surface area contributed by atoms with Crippen molar-refractivity contribution in [1.82, 2.24) is 20.4 Å². The largest absolute Gasteiger partial charge is 0.497 e. The van der Waals surface area contributed by atoms with Gasteiger partial charge in [-0.05, 0) is 42.0 Å². The molecule has 0 aliphatic carbocycles. The first-order valence-electron chi connectivity index (χ1n) is 11.0. The van der Waals surface area contributed by atoms with Crippen molar-refractivity contribution < 1.29 is 28.6 Å². The summed E-state index contributed by atoms with van der Waals surface area (Å²) in [6.45, 7) is 0.224. The van der Waals surface area contributed by atoms with Gasteiger partial charge >= 0.3 is 6.03 Å². The zero-order chi connectivity index (χ0) is 24.9. The van der Waals surface area contributed by atoms with Gasteiger partial charge in [-0.2, -0.15) is 0 Å². The molecule has 4 N–H and O–H groups in total. The number of aliphatic hydroxyl groups excluding tert-OH is 1. The van der Waals surface area contributed by atoms with E-state index in [1.54, 1.807) is 50.5 Å². The molecule has 0 radical (unpaired) electrons. The van der Waals surface area contributed by atoms with Crippen molar-refractivity contribution in [3.63, 3.8) is 0 Å². The summed E-state index contributed by atoms with van der Waals surface area (Å²) in [7, 11) is 4.80. The molecular weight excluding hydrogens is 454 g/mol. The summed E-state index contributed by atoms with van der Waals surface area (Å²) in [5.41, 5.74) is 0.840. The van der Waals surface area contributed by atoms with E-state index in [0.717, 1.165) is 5.56 Å². The number of hydrogen-bond donors (Lipinski definition) is 4. The highest BCUT2D eigenvalue weighted by Crippen LogP contribution is 2.36. The fourth-order valence-electron chi connectivity index (χ4n) is 4.41. The minimum atomic E-state index is -1.52. The lowest BCUT2D eigenvalue weighted by molar-refractivity contribution is -0.125. The first-order chi connectivity index (χ1) is 16.7. The summed E-state index contributed by atoms with van der Waals surface area (Å²) in [4.78, 5) is 41.2. The zero-order valence-electron chi connectivity index (χ0n) is 19.4. The SMILES string of the molecule is COc1ccc2c(c1)C(=O)N(CC1(c3cc4cc(NC(=O)N(C)C)ccc4o3)NC(O)NC1=O)C2. The lowest BCUT2D eigenvalue weighted by Gasteiger charge is -2.29. The Kier molecular flexibility index (Phi) is 5.37. The normalized spacial score (nSPS) is 21.3. The van der Waals surface area contributed by atoms with Gasteiger partial charge in [0.2, 0.25) is 0 Å². The Balaban J connectivity index is 1.49. The maximum absolute atomic E-state index is 13.2. The first kappa shape index (κ1) is 22.7. The molecular formula is C24H25N5O6. The number of methoxy groups -OCH3 is 1. The van der Waals surface area contributed by atoms with Gasteiger partial charge < -0.3 is 34.7 Å². The quantitative estimate of drug-likeness (QED) is 0.434. The molecule has 3 aromatic rings. The fraction of sp³-hybridized carbons (Fsp3) is 0.292. The molecule has 2 unspecified atom stereocenters. The molecule has 11 heteroatoms. The number of urea groups is 1. The van der Waals surface area contributed by atoms with Crippen LogP contribution in [0.15, 0.2) is 46.9 Å². The van der Waals surface area contributed by atoms with Crippen LogP contribution in [0.2, 0.25) is 0 Å². The van der Waals surface area contributed by atoms with Gasteiger partial charge in [0.05, 0.1) is 13.7 Å². The Bertz CT molecular complexity index is 1350. The van der Waals surface area contributed by atoms with E-state index in [-0.39, 0.29) is 24.2 Å². The number of fused-ring (bicyclic) bond motifs is 2. The van der Waals surface area contributed by atoms with Crippen molar-refractivity contribution in [3.8, 4) is 5.75 Å². The second-order valence-electron chi connectivity index (χ2n) is 8.80. The molecule has 2 aliphatic rings. The molecule has 1 fully saturated rings. The Morgan fingerprint density at radius 3 is 2.74 bits per heavy atom. The van der Waals surface area contributed by atoms with Gasteiger partial charge in [0.1, 0.15) is 17.1 Å². The smallest absolute Gasteiger partial charge is 0.321 e. The summed E-state index contributed by atoms with van der Waals surface area (Å²) in [5.74, 6) is 0.0276. The Morgan fingerprint density at radius 1 is 1.26 bits per heavy atom. The monoisotopic (exact) mass is 479 g/mol. The summed E-state index contributed by atoms with van der Waals surface area (Å²) >= 11 is 0. The van der Waals surface area contributed by atoms with Crippen molar-refractivity contribution in [2.75, 3.05) is 33.1 Å². The molecule has 4 amide bonds. The lowest BCUT2D eigenvalue weighted by atomic mass is 9.95. The highest BCUT2D eigenvalue weighted by molar-refractivity contribution is 6.00. The number of carbonyl (C=O) groups is 3. The van der Waals surface area contributed by atoms with Gasteiger partial charge in [-0.15, -0.1) is 0 Å². The van der Waals surface area contributed by atoms with Crippen LogP contribution < -0.4 is 20.7 Å². The van der Waals surface area contributed by atoms with Crippen molar-refractivity contribution in [1.29, 1.82) is 0 Å². The number of nitrogens with zero attached hydrogens (tertiary/aromatic N) is 2. The van der Waals surface area contributed by atoms with Gasteiger partial charge in [-0.3, -0.25) is 14.9 Å². The highest BCUT2D eigenvalue weighted by Gasteiger charge is 2.52. The van der Waals surface area contributed by atoms with Gasteiger partial charge in [0.15, 0.2) is 11.9 Å². The Hall–Kier alpha value is -4.09. The molecule has 5 rings (SSSR count). The number of rotatable bonds is 5. The van der Waals surface area contributed by atoms with Crippen LogP contribution in [0.25, 0.3) is 11.0 Å². The third kappa shape index (κ3) is 3.84. The Morgan fingerprint density at radius 2 is 2.06 bits per heavy atom. The van der Waals surface area contributed by atoms with Gasteiger partial charge in [0, 0.05) is 37.3 Å². The van der Waals surface area contributed by atoms with E-state index >= 15 is 0 Å². The number of furan rings is 1. The van der Waals surface area contributed by atoms with E-state index in [1.807, 2.05) is 6.07 Å². The van der Waals surface area contributed by atoms with Crippen LogP contribution in [-0.2, 0) is 16.9 Å². The molecule has 2 aromatic carbocycles. The second-order valence-corrected chi connectivity index (χ2v) is 8.80. The summed E-state index contributed by atoms with van der Waals surface area (Å²) in [6.07, 6.45) is -1.31. The number of anilines is 1. The zero-order valence-corrected chi connectivity index (χ0v) is 19.4. The van der Waals surface area contributed by atoms with E-state index in [4.69, 9.17) is 9.15 Å². The highest BCUT2D eigenvalue weighted by atomic mass is 16.5. The number of benzene rings is 2. The van der Waals surface area contributed by atoms with Crippen LogP contribution in [-0.4, -0.2) is 66.9 Å². The molecule has 2 atom stereocenters. The van der Waals surface area contributed by atoms with E-state index in [0.29, 0.717) is 34.5 Å². The molecule has 0 bridgehead atoms. The predicted molar refractivity (Wildman–Crippen MR) is 126 cm³/mol. The van der Waals surface area contributed by atoms with Crippen LogP contribution in [0.1, 0.15) is 21.7 Å². The van der Waals surface area contributed by atoms with Crippen molar-refractivity contribution in [3.05, 3.63) is 59.4 Å². The van der Waals surface area contributed by atoms with E-state index < -0.39 is 17.8 Å². The summed E-state index contributed by atoms with van der Waals surface area (Å²) < 4.78 is 11.3. The minimum absolute atomic E-state index is 0.0736. The average molecular weight is 479 g/mol. The summed E-state index contributed by atoms with van der Waals surface area (Å²) in [6, 6.07) is 11.8. The van der Waals surface area contributed by atoms with Gasteiger partial charge in [0.25, 0.3) is 11.8 Å². The molecule has 35 heavy (non-hydrogen) atoms. The molecule has 11 nitrogen and oxygen atoms in total.